The van der Waals surface area contributed by atoms with E-state index in [1.165, 1.54) is 6.07 Å². The molecule has 0 amide bonds. The highest BCUT2D eigenvalue weighted by molar-refractivity contribution is 5.32. The molecule has 4 N–H and O–H groups in total. The van der Waals surface area contributed by atoms with Gasteiger partial charge < -0.3 is 20.7 Å². The number of nitrogens with two attached hydrogens (primary N) is 1. The molecule has 1 saturated heterocycles. The number of aliphatic hydroxyl groups excluding tert-OH is 1. The van der Waals surface area contributed by atoms with E-state index in [1.807, 2.05) is 0 Å². The third-order valence-corrected chi connectivity index (χ3v) is 3.27. The Hall–Kier alpha value is -1.50. The molecule has 0 saturated carbocycles. The number of aliphatic hydroxyl groups is 1. The second-order valence-corrected chi connectivity index (χ2v) is 4.58. The molecule has 1 aliphatic heterocycles. The Morgan fingerprint density at radius 3 is 2.53 bits per heavy atom. The highest BCUT2D eigenvalue weighted by Crippen LogP contribution is 2.33. The molecule has 0 radical (unpaired) electrons. The van der Waals surface area contributed by atoms with Crippen LogP contribution in [0.2, 0.25) is 0 Å². The predicted molar refractivity (Wildman–Crippen MR) is 66.9 cm³/mol. The van der Waals surface area contributed by atoms with Crippen LogP contribution in [-0.4, -0.2) is 36.0 Å². The van der Waals surface area contributed by atoms with Crippen molar-refractivity contribution < 1.29 is 24.1 Å². The fourth-order valence-electron chi connectivity index (χ4n) is 2.21. The summed E-state index contributed by atoms with van der Waals surface area (Å²) in [4.78, 5) is 8.36. The van der Waals surface area contributed by atoms with Gasteiger partial charge >= 0.3 is 0 Å². The van der Waals surface area contributed by atoms with Crippen LogP contribution in [0.15, 0.2) is 24.3 Å². The van der Waals surface area contributed by atoms with E-state index < -0.39 is 11.6 Å². The number of hydrogen-bond donors (Lipinski definition) is 3. The Bertz CT molecular complexity index is 425. The summed E-state index contributed by atoms with van der Waals surface area (Å²) >= 11 is 0. The second-order valence-electron chi connectivity index (χ2n) is 4.58. The molecule has 3 atom stereocenters. The minimum absolute atomic E-state index is 0.250. The third-order valence-electron chi connectivity index (χ3n) is 3.27. The van der Waals surface area contributed by atoms with Crippen molar-refractivity contribution in [1.82, 2.24) is 0 Å². The molecular weight excluding hydrogens is 253 g/mol. The first kappa shape index (κ1) is 15.6. The summed E-state index contributed by atoms with van der Waals surface area (Å²) in [5, 5.41) is 16.6. The number of carbonyl (C=O) groups is 1. The Morgan fingerprint density at radius 2 is 2.05 bits per heavy atom. The van der Waals surface area contributed by atoms with Gasteiger partial charge in [0.25, 0.3) is 6.47 Å². The SMILES string of the molecule is C[C@@](N)(c1ccccc1F)[C@H]1COC[C@H]1O.O=CO. The predicted octanol–water partition coefficient (Wildman–Crippen LogP) is 0.708. The summed E-state index contributed by atoms with van der Waals surface area (Å²) in [6.07, 6.45) is -0.630. The summed E-state index contributed by atoms with van der Waals surface area (Å²) in [5.41, 5.74) is 5.66. The van der Waals surface area contributed by atoms with Crippen LogP contribution in [0, 0.1) is 11.7 Å². The molecule has 0 unspecified atom stereocenters. The van der Waals surface area contributed by atoms with E-state index in [0.29, 0.717) is 12.2 Å². The van der Waals surface area contributed by atoms with Gasteiger partial charge in [0.1, 0.15) is 5.82 Å². The molecule has 6 heteroatoms. The van der Waals surface area contributed by atoms with Crippen molar-refractivity contribution in [3.05, 3.63) is 35.6 Å². The van der Waals surface area contributed by atoms with E-state index in [1.54, 1.807) is 25.1 Å². The van der Waals surface area contributed by atoms with Crippen LogP contribution < -0.4 is 5.73 Å². The van der Waals surface area contributed by atoms with Crippen molar-refractivity contribution >= 4 is 6.47 Å². The fourth-order valence-corrected chi connectivity index (χ4v) is 2.21. The molecule has 2 rings (SSSR count). The lowest BCUT2D eigenvalue weighted by Gasteiger charge is -2.33. The number of carboxylic acid groups (broad SMARTS) is 1. The fraction of sp³-hybridized carbons (Fsp3) is 0.462. The van der Waals surface area contributed by atoms with Crippen LogP contribution in [0.25, 0.3) is 0 Å². The first-order valence-electron chi connectivity index (χ1n) is 5.82. The lowest BCUT2D eigenvalue weighted by Crippen LogP contribution is -2.46. The van der Waals surface area contributed by atoms with E-state index in [0.717, 1.165) is 0 Å². The zero-order valence-corrected chi connectivity index (χ0v) is 10.6. The van der Waals surface area contributed by atoms with Gasteiger partial charge in [-0.2, -0.15) is 0 Å². The van der Waals surface area contributed by atoms with Gasteiger partial charge in [-0.05, 0) is 13.0 Å². The van der Waals surface area contributed by atoms with E-state index >= 15 is 0 Å². The maximum absolute atomic E-state index is 13.7. The van der Waals surface area contributed by atoms with Crippen molar-refractivity contribution in [1.29, 1.82) is 0 Å². The number of rotatable bonds is 2. The molecule has 0 aliphatic carbocycles. The van der Waals surface area contributed by atoms with Gasteiger partial charge in [0, 0.05) is 17.0 Å². The average Bonchev–Trinajstić information content (AvgIpc) is 2.77. The molecule has 0 aromatic heterocycles. The van der Waals surface area contributed by atoms with Crippen molar-refractivity contribution in [3.63, 3.8) is 0 Å². The average molecular weight is 271 g/mol. The minimum atomic E-state index is -0.915. The van der Waals surface area contributed by atoms with Crippen LogP contribution in [0.5, 0.6) is 0 Å². The summed E-state index contributed by atoms with van der Waals surface area (Å²) in [5.74, 6) is -0.615. The van der Waals surface area contributed by atoms with Gasteiger partial charge in [-0.15, -0.1) is 0 Å². The Balaban J connectivity index is 0.000000550. The molecular formula is C13H18FNO4. The Kier molecular flexibility index (Phi) is 5.41. The zero-order valence-electron chi connectivity index (χ0n) is 10.6. The normalized spacial score (nSPS) is 25.1. The van der Waals surface area contributed by atoms with Crippen LogP contribution >= 0.6 is 0 Å². The van der Waals surface area contributed by atoms with Gasteiger partial charge in [-0.25, -0.2) is 4.39 Å². The van der Waals surface area contributed by atoms with Crippen LogP contribution in [0.3, 0.4) is 0 Å². The van der Waals surface area contributed by atoms with Crippen LogP contribution in [0.4, 0.5) is 4.39 Å². The van der Waals surface area contributed by atoms with E-state index in [-0.39, 0.29) is 24.8 Å². The smallest absolute Gasteiger partial charge is 0.290 e. The maximum atomic E-state index is 13.7. The van der Waals surface area contributed by atoms with Crippen molar-refractivity contribution in [2.45, 2.75) is 18.6 Å². The lowest BCUT2D eigenvalue weighted by molar-refractivity contribution is -0.122. The summed E-state index contributed by atoms with van der Waals surface area (Å²) in [6, 6.07) is 6.39. The summed E-state index contributed by atoms with van der Waals surface area (Å²) < 4.78 is 18.8. The monoisotopic (exact) mass is 271 g/mol. The molecule has 19 heavy (non-hydrogen) atoms. The highest BCUT2D eigenvalue weighted by atomic mass is 19.1. The quantitative estimate of drug-likeness (QED) is 0.689. The molecule has 106 valence electrons. The first-order valence-corrected chi connectivity index (χ1v) is 5.82. The molecule has 0 bridgehead atoms. The molecule has 1 aromatic rings. The minimum Gasteiger partial charge on any atom is -0.483 e. The molecule has 5 nitrogen and oxygen atoms in total. The number of halogens is 1. The van der Waals surface area contributed by atoms with Crippen molar-refractivity contribution in [2.75, 3.05) is 13.2 Å². The largest absolute Gasteiger partial charge is 0.483 e. The standard InChI is InChI=1S/C12H16FNO2.CH2O2/c1-12(14,9-6-16-7-11(9)15)8-4-2-3-5-10(8)13;2-1-3/h2-5,9,11,15H,6-7,14H2,1H3;1H,(H,2,3)/t9-,11+,12+;/m0./s1. The summed E-state index contributed by atoms with van der Waals surface area (Å²) in [7, 11) is 0. The maximum Gasteiger partial charge on any atom is 0.290 e. The first-order chi connectivity index (χ1) is 8.95. The van der Waals surface area contributed by atoms with Gasteiger partial charge in [0.2, 0.25) is 0 Å². The number of ether oxygens (including phenoxy) is 1. The van der Waals surface area contributed by atoms with E-state index in [9.17, 15) is 9.50 Å². The molecule has 1 fully saturated rings. The lowest BCUT2D eigenvalue weighted by atomic mass is 9.78. The van der Waals surface area contributed by atoms with E-state index in [2.05, 4.69) is 0 Å². The van der Waals surface area contributed by atoms with Gasteiger partial charge in [-0.1, -0.05) is 18.2 Å². The van der Waals surface area contributed by atoms with Crippen LogP contribution in [0.1, 0.15) is 12.5 Å². The molecule has 1 aliphatic rings. The molecule has 1 heterocycles. The third kappa shape index (κ3) is 3.50. The van der Waals surface area contributed by atoms with Crippen LogP contribution in [-0.2, 0) is 15.1 Å². The Labute approximate surface area is 110 Å². The topological polar surface area (TPSA) is 92.8 Å². The zero-order chi connectivity index (χ0) is 14.5. The number of benzene rings is 1. The van der Waals surface area contributed by atoms with Gasteiger partial charge in [0.15, 0.2) is 0 Å². The van der Waals surface area contributed by atoms with E-state index in [4.69, 9.17) is 20.4 Å². The number of hydrogen-bond acceptors (Lipinski definition) is 4. The van der Waals surface area contributed by atoms with Gasteiger partial charge in [-0.3, -0.25) is 4.79 Å². The summed E-state index contributed by atoms with van der Waals surface area (Å²) in [6.45, 7) is 2.11. The molecule has 0 spiro atoms. The second kappa shape index (κ2) is 6.60. The Morgan fingerprint density at radius 1 is 1.47 bits per heavy atom. The van der Waals surface area contributed by atoms with Gasteiger partial charge in [0.05, 0.1) is 19.3 Å². The molecule has 1 aromatic carbocycles. The van der Waals surface area contributed by atoms with Crippen molar-refractivity contribution in [3.8, 4) is 0 Å². The highest BCUT2D eigenvalue weighted by Gasteiger charge is 2.41. The van der Waals surface area contributed by atoms with Crippen molar-refractivity contribution in [2.24, 2.45) is 11.7 Å².